The van der Waals surface area contributed by atoms with Gasteiger partial charge in [-0.1, -0.05) is 12.5 Å². The summed E-state index contributed by atoms with van der Waals surface area (Å²) in [6.07, 6.45) is 12.2. The molecular weight excluding hydrogens is 146 g/mol. The molecule has 0 aromatic carbocycles. The van der Waals surface area contributed by atoms with Gasteiger partial charge in [0.15, 0.2) is 0 Å². The first kappa shape index (κ1) is 8.15. The third kappa shape index (κ3) is 1.82. The van der Waals surface area contributed by atoms with E-state index in [-0.39, 0.29) is 0 Å². The highest BCUT2D eigenvalue weighted by Gasteiger charge is 2.14. The van der Waals surface area contributed by atoms with Crippen LogP contribution in [0.3, 0.4) is 0 Å². The Balaban J connectivity index is 2.06. The molecule has 2 heterocycles. The molecule has 0 atom stereocenters. The predicted octanol–water partition coefficient (Wildman–Crippen LogP) is 2.93. The van der Waals surface area contributed by atoms with Crippen molar-refractivity contribution in [3.05, 3.63) is 11.8 Å². The van der Waals surface area contributed by atoms with Gasteiger partial charge in [0.05, 0.1) is 0 Å². The molecule has 12 heavy (non-hydrogen) atoms. The predicted molar refractivity (Wildman–Crippen MR) is 52.0 cm³/mol. The van der Waals surface area contributed by atoms with Gasteiger partial charge in [0, 0.05) is 18.8 Å². The summed E-state index contributed by atoms with van der Waals surface area (Å²) in [6.45, 7) is 2.65. The molecular formula is C11H19N. The zero-order chi connectivity index (χ0) is 8.23. The SMILES string of the molecule is C1=C2CCCCCN2CCCC1. The summed E-state index contributed by atoms with van der Waals surface area (Å²) in [4.78, 5) is 2.62. The van der Waals surface area contributed by atoms with Gasteiger partial charge in [0.1, 0.15) is 0 Å². The van der Waals surface area contributed by atoms with E-state index in [9.17, 15) is 0 Å². The molecule has 1 nitrogen and oxygen atoms in total. The molecule has 1 saturated heterocycles. The highest BCUT2D eigenvalue weighted by Crippen LogP contribution is 2.23. The lowest BCUT2D eigenvalue weighted by molar-refractivity contribution is 0.345. The van der Waals surface area contributed by atoms with Crippen LogP contribution in [0.2, 0.25) is 0 Å². The molecule has 0 saturated carbocycles. The first-order chi connectivity index (χ1) is 5.97. The molecule has 0 aromatic rings. The van der Waals surface area contributed by atoms with Crippen LogP contribution in [0.4, 0.5) is 0 Å². The van der Waals surface area contributed by atoms with Gasteiger partial charge in [-0.05, 0) is 38.5 Å². The number of allylic oxidation sites excluding steroid dienone is 2. The molecule has 0 bridgehead atoms. The van der Waals surface area contributed by atoms with Crippen LogP contribution in [0.1, 0.15) is 44.9 Å². The maximum absolute atomic E-state index is 2.62. The number of fused-ring (bicyclic) bond motifs is 1. The van der Waals surface area contributed by atoms with Crippen LogP contribution in [-0.2, 0) is 0 Å². The summed E-state index contributed by atoms with van der Waals surface area (Å²) in [5, 5.41) is 0. The number of rotatable bonds is 0. The standard InChI is InChI=1S/C11H19N/c1-3-7-11-8-4-2-6-10-12(11)9-5-1/h7H,1-6,8-10H2. The largest absolute Gasteiger partial charge is 0.375 e. The molecule has 0 spiro atoms. The van der Waals surface area contributed by atoms with Crippen molar-refractivity contribution in [3.63, 3.8) is 0 Å². The summed E-state index contributed by atoms with van der Waals surface area (Å²) < 4.78 is 0. The van der Waals surface area contributed by atoms with Crippen molar-refractivity contribution in [3.8, 4) is 0 Å². The maximum Gasteiger partial charge on any atom is 0.0175 e. The second-order valence-electron chi connectivity index (χ2n) is 3.99. The molecule has 2 aliphatic rings. The van der Waals surface area contributed by atoms with Crippen LogP contribution in [0.5, 0.6) is 0 Å². The molecule has 2 rings (SSSR count). The highest BCUT2D eigenvalue weighted by atomic mass is 15.1. The molecule has 1 heteroatoms. The Kier molecular flexibility index (Phi) is 2.70. The lowest BCUT2D eigenvalue weighted by atomic mass is 10.2. The fourth-order valence-electron chi connectivity index (χ4n) is 2.29. The minimum absolute atomic E-state index is 1.33. The minimum atomic E-state index is 1.33. The van der Waals surface area contributed by atoms with Gasteiger partial charge in [0.25, 0.3) is 0 Å². The Hall–Kier alpha value is -0.460. The van der Waals surface area contributed by atoms with Gasteiger partial charge in [-0.3, -0.25) is 0 Å². The molecule has 0 amide bonds. The third-order valence-electron chi connectivity index (χ3n) is 3.03. The van der Waals surface area contributed by atoms with E-state index >= 15 is 0 Å². The van der Waals surface area contributed by atoms with E-state index in [1.165, 1.54) is 58.0 Å². The molecule has 0 aliphatic carbocycles. The second-order valence-corrected chi connectivity index (χ2v) is 3.99. The average Bonchev–Trinajstić information content (AvgIpc) is 2.38. The Bertz CT molecular complexity index is 172. The zero-order valence-electron chi connectivity index (χ0n) is 7.89. The van der Waals surface area contributed by atoms with E-state index in [0.717, 1.165) is 0 Å². The summed E-state index contributed by atoms with van der Waals surface area (Å²) in [7, 11) is 0. The van der Waals surface area contributed by atoms with Crippen LogP contribution in [0.25, 0.3) is 0 Å². The first-order valence-electron chi connectivity index (χ1n) is 5.41. The van der Waals surface area contributed by atoms with Gasteiger partial charge >= 0.3 is 0 Å². The summed E-state index contributed by atoms with van der Waals surface area (Å²) in [5.41, 5.74) is 1.66. The van der Waals surface area contributed by atoms with Crippen molar-refractivity contribution < 1.29 is 0 Å². The van der Waals surface area contributed by atoms with Gasteiger partial charge in [-0.15, -0.1) is 0 Å². The van der Waals surface area contributed by atoms with Gasteiger partial charge in [-0.25, -0.2) is 0 Å². The van der Waals surface area contributed by atoms with Gasteiger partial charge in [-0.2, -0.15) is 0 Å². The molecule has 2 aliphatic heterocycles. The lowest BCUT2D eigenvalue weighted by Gasteiger charge is -2.23. The van der Waals surface area contributed by atoms with Crippen molar-refractivity contribution in [2.75, 3.05) is 13.1 Å². The minimum Gasteiger partial charge on any atom is -0.375 e. The Morgan fingerprint density at radius 2 is 1.75 bits per heavy atom. The molecule has 0 radical (unpaired) electrons. The molecule has 68 valence electrons. The average molecular weight is 165 g/mol. The van der Waals surface area contributed by atoms with Crippen molar-refractivity contribution >= 4 is 0 Å². The van der Waals surface area contributed by atoms with Crippen LogP contribution in [0, 0.1) is 0 Å². The van der Waals surface area contributed by atoms with E-state index in [2.05, 4.69) is 11.0 Å². The highest BCUT2D eigenvalue weighted by molar-refractivity contribution is 5.04. The Morgan fingerprint density at radius 3 is 2.67 bits per heavy atom. The fourth-order valence-corrected chi connectivity index (χ4v) is 2.29. The van der Waals surface area contributed by atoms with Crippen LogP contribution in [-0.4, -0.2) is 18.0 Å². The lowest BCUT2D eigenvalue weighted by Crippen LogP contribution is -2.22. The van der Waals surface area contributed by atoms with Crippen molar-refractivity contribution in [1.29, 1.82) is 0 Å². The summed E-state index contributed by atoms with van der Waals surface area (Å²) >= 11 is 0. The van der Waals surface area contributed by atoms with Crippen molar-refractivity contribution in [2.45, 2.75) is 44.9 Å². The molecule has 0 N–H and O–H groups in total. The normalized spacial score (nSPS) is 25.3. The topological polar surface area (TPSA) is 3.24 Å². The fraction of sp³-hybridized carbons (Fsp3) is 0.818. The second kappa shape index (κ2) is 3.97. The third-order valence-corrected chi connectivity index (χ3v) is 3.03. The number of hydrogen-bond acceptors (Lipinski definition) is 1. The van der Waals surface area contributed by atoms with Gasteiger partial charge < -0.3 is 4.90 Å². The van der Waals surface area contributed by atoms with E-state index in [4.69, 9.17) is 0 Å². The quantitative estimate of drug-likeness (QED) is 0.533. The van der Waals surface area contributed by atoms with E-state index in [0.29, 0.717) is 0 Å². The molecule has 0 unspecified atom stereocenters. The van der Waals surface area contributed by atoms with E-state index < -0.39 is 0 Å². The van der Waals surface area contributed by atoms with Crippen LogP contribution >= 0.6 is 0 Å². The Labute approximate surface area is 75.4 Å². The van der Waals surface area contributed by atoms with Crippen molar-refractivity contribution in [1.82, 2.24) is 4.90 Å². The monoisotopic (exact) mass is 165 g/mol. The zero-order valence-corrected chi connectivity index (χ0v) is 7.89. The summed E-state index contributed by atoms with van der Waals surface area (Å²) in [5.74, 6) is 0. The van der Waals surface area contributed by atoms with Crippen LogP contribution < -0.4 is 0 Å². The van der Waals surface area contributed by atoms with E-state index in [1.807, 2.05) is 0 Å². The number of hydrogen-bond donors (Lipinski definition) is 0. The number of nitrogens with zero attached hydrogens (tertiary/aromatic N) is 1. The Morgan fingerprint density at radius 1 is 0.917 bits per heavy atom. The van der Waals surface area contributed by atoms with Crippen LogP contribution in [0.15, 0.2) is 11.8 Å². The van der Waals surface area contributed by atoms with Gasteiger partial charge in [0.2, 0.25) is 0 Å². The maximum atomic E-state index is 2.62. The smallest absolute Gasteiger partial charge is 0.0175 e. The summed E-state index contributed by atoms with van der Waals surface area (Å²) in [6, 6.07) is 0. The molecule has 0 aromatic heterocycles. The van der Waals surface area contributed by atoms with E-state index in [1.54, 1.807) is 5.70 Å². The first-order valence-corrected chi connectivity index (χ1v) is 5.41. The molecule has 1 fully saturated rings. The van der Waals surface area contributed by atoms with Crippen molar-refractivity contribution in [2.24, 2.45) is 0 Å².